The molecule has 0 heterocycles. The van der Waals surface area contributed by atoms with E-state index in [-0.39, 0.29) is 0 Å². The van der Waals surface area contributed by atoms with Crippen molar-refractivity contribution in [1.82, 2.24) is 0 Å². The van der Waals surface area contributed by atoms with Gasteiger partial charge in [0.2, 0.25) is 0 Å². The summed E-state index contributed by atoms with van der Waals surface area (Å²) in [4.78, 5) is 1.41. The van der Waals surface area contributed by atoms with E-state index in [2.05, 4.69) is 49.4 Å². The van der Waals surface area contributed by atoms with Crippen LogP contribution in [0.2, 0.25) is 0 Å². The fourth-order valence-electron chi connectivity index (χ4n) is 2.68. The van der Waals surface area contributed by atoms with Crippen LogP contribution in [-0.4, -0.2) is 5.75 Å². The van der Waals surface area contributed by atoms with Gasteiger partial charge in [-0.2, -0.15) is 0 Å². The number of benzene rings is 2. The second-order valence-electron chi connectivity index (χ2n) is 5.83. The Labute approximate surface area is 134 Å². The van der Waals surface area contributed by atoms with Crippen molar-refractivity contribution in [2.45, 2.75) is 63.2 Å². The Balaban J connectivity index is 1.59. The van der Waals surface area contributed by atoms with Crippen LogP contribution >= 0.6 is 11.8 Å². The van der Waals surface area contributed by atoms with Gasteiger partial charge >= 0.3 is 0 Å². The van der Waals surface area contributed by atoms with E-state index in [0.29, 0.717) is 0 Å². The van der Waals surface area contributed by atoms with E-state index in [1.54, 1.807) is 0 Å². The predicted octanol–water partition coefficient (Wildman–Crippen LogP) is 7.07. The lowest BCUT2D eigenvalue weighted by molar-refractivity contribution is 0.586. The second kappa shape index (κ2) is 9.89. The van der Waals surface area contributed by atoms with Crippen LogP contribution in [0.3, 0.4) is 0 Å². The zero-order valence-electron chi connectivity index (χ0n) is 13.3. The molecule has 114 valence electrons. The minimum atomic E-state index is 1.26. The van der Waals surface area contributed by atoms with Crippen molar-refractivity contribution in [2.24, 2.45) is 0 Å². The summed E-state index contributed by atoms with van der Waals surface area (Å²) in [5.41, 5.74) is 0. The Bertz CT molecular complexity index is 518. The molecular formula is C20H28S. The molecule has 0 aromatic heterocycles. The molecule has 0 spiro atoms. The van der Waals surface area contributed by atoms with Gasteiger partial charge in [-0.15, -0.1) is 11.8 Å². The average Bonchev–Trinajstić information content (AvgIpc) is 2.53. The van der Waals surface area contributed by atoms with Crippen LogP contribution in [-0.2, 0) is 0 Å². The summed E-state index contributed by atoms with van der Waals surface area (Å²) in [7, 11) is 0. The minimum absolute atomic E-state index is 1.26. The molecule has 21 heavy (non-hydrogen) atoms. The van der Waals surface area contributed by atoms with Crippen molar-refractivity contribution in [3.63, 3.8) is 0 Å². The van der Waals surface area contributed by atoms with Gasteiger partial charge in [-0.1, -0.05) is 82.2 Å². The van der Waals surface area contributed by atoms with Gasteiger partial charge < -0.3 is 0 Å². The van der Waals surface area contributed by atoms with Crippen molar-refractivity contribution in [1.29, 1.82) is 0 Å². The largest absolute Gasteiger partial charge is 0.126 e. The topological polar surface area (TPSA) is 0 Å². The van der Waals surface area contributed by atoms with Gasteiger partial charge in [0, 0.05) is 4.90 Å². The summed E-state index contributed by atoms with van der Waals surface area (Å²) in [6.45, 7) is 2.28. The van der Waals surface area contributed by atoms with Gasteiger partial charge in [-0.25, -0.2) is 0 Å². The first-order valence-electron chi connectivity index (χ1n) is 8.52. The van der Waals surface area contributed by atoms with Crippen molar-refractivity contribution >= 4 is 22.5 Å². The zero-order valence-corrected chi connectivity index (χ0v) is 14.1. The van der Waals surface area contributed by atoms with E-state index in [4.69, 9.17) is 0 Å². The number of hydrogen-bond donors (Lipinski definition) is 0. The van der Waals surface area contributed by atoms with Crippen LogP contribution in [0, 0.1) is 0 Å². The van der Waals surface area contributed by atoms with E-state index in [9.17, 15) is 0 Å². The fourth-order valence-corrected chi connectivity index (χ4v) is 3.64. The maximum atomic E-state index is 2.32. The number of thioether (sulfide) groups is 1. The molecule has 0 aliphatic carbocycles. The van der Waals surface area contributed by atoms with Gasteiger partial charge in [0.15, 0.2) is 0 Å². The Morgan fingerprint density at radius 2 is 1.38 bits per heavy atom. The summed E-state index contributed by atoms with van der Waals surface area (Å²) in [5, 5.41) is 2.70. The lowest BCUT2D eigenvalue weighted by Gasteiger charge is -2.04. The first kappa shape index (κ1) is 16.4. The summed E-state index contributed by atoms with van der Waals surface area (Å²) < 4.78 is 0. The van der Waals surface area contributed by atoms with Crippen LogP contribution in [0.5, 0.6) is 0 Å². The quantitative estimate of drug-likeness (QED) is 0.334. The van der Waals surface area contributed by atoms with E-state index in [1.807, 2.05) is 11.8 Å². The third-order valence-electron chi connectivity index (χ3n) is 3.99. The van der Waals surface area contributed by atoms with Crippen LogP contribution in [0.4, 0.5) is 0 Å². The van der Waals surface area contributed by atoms with Crippen molar-refractivity contribution in [3.05, 3.63) is 42.5 Å². The van der Waals surface area contributed by atoms with Crippen LogP contribution in [0.1, 0.15) is 58.3 Å². The maximum absolute atomic E-state index is 2.32. The Morgan fingerprint density at radius 1 is 0.714 bits per heavy atom. The van der Waals surface area contributed by atoms with E-state index in [0.717, 1.165) is 0 Å². The molecule has 0 radical (unpaired) electrons. The van der Waals surface area contributed by atoms with Crippen molar-refractivity contribution < 1.29 is 0 Å². The molecule has 0 saturated heterocycles. The lowest BCUT2D eigenvalue weighted by atomic mass is 10.1. The van der Waals surface area contributed by atoms with Gasteiger partial charge in [0.25, 0.3) is 0 Å². The second-order valence-corrected chi connectivity index (χ2v) is 7.00. The minimum Gasteiger partial charge on any atom is -0.126 e. The monoisotopic (exact) mass is 300 g/mol. The number of unbranched alkanes of at least 4 members (excludes halogenated alkanes) is 7. The number of rotatable bonds is 10. The Hall–Kier alpha value is -0.950. The third-order valence-corrected chi connectivity index (χ3v) is 5.07. The molecule has 0 atom stereocenters. The van der Waals surface area contributed by atoms with E-state index < -0.39 is 0 Å². The molecule has 0 fully saturated rings. The predicted molar refractivity (Wildman–Crippen MR) is 97.3 cm³/mol. The summed E-state index contributed by atoms with van der Waals surface area (Å²) >= 11 is 2.01. The molecule has 0 amide bonds. The third kappa shape index (κ3) is 6.13. The summed E-state index contributed by atoms with van der Waals surface area (Å²) in [6, 6.07) is 15.4. The number of hydrogen-bond acceptors (Lipinski definition) is 1. The van der Waals surface area contributed by atoms with Crippen LogP contribution < -0.4 is 0 Å². The molecule has 0 saturated carbocycles. The fraction of sp³-hybridized carbons (Fsp3) is 0.500. The summed E-state index contributed by atoms with van der Waals surface area (Å²) in [6.07, 6.45) is 11.2. The smallest absolute Gasteiger partial charge is 0.00783 e. The molecule has 0 N–H and O–H groups in total. The lowest BCUT2D eigenvalue weighted by Crippen LogP contribution is -1.83. The standard InChI is InChI=1S/C20H28S/c1-2-3-4-5-6-7-8-11-16-21-20-15-14-18-12-9-10-13-19(18)17-20/h9-10,12-15,17H,2-8,11,16H2,1H3. The zero-order chi connectivity index (χ0) is 14.8. The highest BCUT2D eigenvalue weighted by Crippen LogP contribution is 2.24. The van der Waals surface area contributed by atoms with Crippen LogP contribution in [0.15, 0.2) is 47.4 Å². The van der Waals surface area contributed by atoms with Gasteiger partial charge in [-0.3, -0.25) is 0 Å². The van der Waals surface area contributed by atoms with Crippen molar-refractivity contribution in [3.8, 4) is 0 Å². The maximum Gasteiger partial charge on any atom is 0.00783 e. The molecule has 2 aromatic carbocycles. The normalized spacial score (nSPS) is 11.1. The SMILES string of the molecule is CCCCCCCCCCSc1ccc2ccccc2c1. The number of fused-ring (bicyclic) bond motifs is 1. The van der Waals surface area contributed by atoms with Crippen molar-refractivity contribution in [2.75, 3.05) is 5.75 Å². The molecule has 1 heteroatoms. The van der Waals surface area contributed by atoms with E-state index >= 15 is 0 Å². The van der Waals surface area contributed by atoms with Gasteiger partial charge in [-0.05, 0) is 35.1 Å². The van der Waals surface area contributed by atoms with Gasteiger partial charge in [0.05, 0.1) is 0 Å². The molecule has 0 aliphatic heterocycles. The average molecular weight is 301 g/mol. The molecular weight excluding hydrogens is 272 g/mol. The molecule has 0 nitrogen and oxygen atoms in total. The Morgan fingerprint density at radius 3 is 2.14 bits per heavy atom. The molecule has 0 aliphatic rings. The molecule has 0 bridgehead atoms. The molecule has 0 unspecified atom stereocenters. The summed E-state index contributed by atoms with van der Waals surface area (Å²) in [5.74, 6) is 1.26. The van der Waals surface area contributed by atoms with Gasteiger partial charge in [0.1, 0.15) is 0 Å². The highest BCUT2D eigenvalue weighted by molar-refractivity contribution is 7.99. The highest BCUT2D eigenvalue weighted by Gasteiger charge is 1.97. The Kier molecular flexibility index (Phi) is 7.73. The first-order valence-corrected chi connectivity index (χ1v) is 9.50. The highest BCUT2D eigenvalue weighted by atomic mass is 32.2. The first-order chi connectivity index (χ1) is 10.4. The van der Waals surface area contributed by atoms with E-state index in [1.165, 1.54) is 72.8 Å². The molecule has 2 rings (SSSR count). The molecule has 2 aromatic rings. The van der Waals surface area contributed by atoms with Crippen LogP contribution in [0.25, 0.3) is 10.8 Å².